The van der Waals surface area contributed by atoms with Crippen molar-refractivity contribution in [2.75, 3.05) is 23.9 Å². The van der Waals surface area contributed by atoms with E-state index in [1.54, 1.807) is 36.3 Å². The van der Waals surface area contributed by atoms with Crippen LogP contribution in [-0.2, 0) is 17.8 Å². The number of pyridine rings is 1. The van der Waals surface area contributed by atoms with Crippen molar-refractivity contribution in [3.63, 3.8) is 0 Å². The second-order valence-electron chi connectivity index (χ2n) is 8.46. The maximum Gasteiger partial charge on any atom is 0.258 e. The summed E-state index contributed by atoms with van der Waals surface area (Å²) >= 11 is 0. The number of hydrogen-bond donors (Lipinski definition) is 1. The second kappa shape index (κ2) is 8.26. The summed E-state index contributed by atoms with van der Waals surface area (Å²) < 4.78 is 7.62. The van der Waals surface area contributed by atoms with Gasteiger partial charge < -0.3 is 19.5 Å². The highest BCUT2D eigenvalue weighted by Crippen LogP contribution is 2.34. The zero-order valence-corrected chi connectivity index (χ0v) is 18.5. The number of nitrogens with zero attached hydrogens (tertiary/aromatic N) is 4. The van der Waals surface area contributed by atoms with Gasteiger partial charge in [0.1, 0.15) is 17.1 Å². The largest absolute Gasteiger partial charge is 0.495 e. The van der Waals surface area contributed by atoms with Crippen molar-refractivity contribution in [1.82, 2.24) is 14.5 Å². The zero-order valence-electron chi connectivity index (χ0n) is 18.5. The Kier molecular flexibility index (Phi) is 5.28. The SMILES string of the molecule is COc1ccc(NC(=O)c2cc(C)nc3c2nc2n3CCCCC2)cc1N1CCCC1=O. The topological polar surface area (TPSA) is 89.3 Å². The first-order valence-corrected chi connectivity index (χ1v) is 11.2. The Morgan fingerprint density at radius 1 is 1.06 bits per heavy atom. The Hall–Kier alpha value is -3.42. The number of benzene rings is 1. The summed E-state index contributed by atoms with van der Waals surface area (Å²) in [4.78, 5) is 36.8. The summed E-state index contributed by atoms with van der Waals surface area (Å²) in [6, 6.07) is 7.16. The molecule has 5 rings (SSSR count). The van der Waals surface area contributed by atoms with Crippen molar-refractivity contribution in [2.45, 2.75) is 52.0 Å². The van der Waals surface area contributed by atoms with Gasteiger partial charge in [-0.2, -0.15) is 0 Å². The number of aromatic nitrogens is 3. The van der Waals surface area contributed by atoms with E-state index in [0.717, 1.165) is 49.4 Å². The van der Waals surface area contributed by atoms with Crippen molar-refractivity contribution in [3.05, 3.63) is 41.3 Å². The van der Waals surface area contributed by atoms with Gasteiger partial charge in [0.25, 0.3) is 5.91 Å². The Bertz CT molecular complexity index is 1220. The van der Waals surface area contributed by atoms with Crippen LogP contribution < -0.4 is 15.0 Å². The van der Waals surface area contributed by atoms with Gasteiger partial charge in [-0.1, -0.05) is 6.42 Å². The predicted octanol–water partition coefficient (Wildman–Crippen LogP) is 3.85. The van der Waals surface area contributed by atoms with E-state index in [0.29, 0.717) is 41.2 Å². The first-order chi connectivity index (χ1) is 15.5. The molecule has 1 saturated heterocycles. The summed E-state index contributed by atoms with van der Waals surface area (Å²) in [5.41, 5.74) is 4.01. The maximum absolute atomic E-state index is 13.3. The van der Waals surface area contributed by atoms with Crippen molar-refractivity contribution in [1.29, 1.82) is 0 Å². The van der Waals surface area contributed by atoms with Crippen LogP contribution in [-0.4, -0.2) is 40.0 Å². The number of imidazole rings is 1. The number of fused-ring (bicyclic) bond motifs is 3. The third-order valence-corrected chi connectivity index (χ3v) is 6.24. The lowest BCUT2D eigenvalue weighted by atomic mass is 10.1. The Morgan fingerprint density at radius 3 is 2.72 bits per heavy atom. The number of rotatable bonds is 4. The molecule has 2 amide bonds. The highest BCUT2D eigenvalue weighted by Gasteiger charge is 2.25. The maximum atomic E-state index is 13.3. The smallest absolute Gasteiger partial charge is 0.258 e. The quantitative estimate of drug-likeness (QED) is 0.675. The molecule has 8 nitrogen and oxygen atoms in total. The van der Waals surface area contributed by atoms with E-state index in [9.17, 15) is 9.59 Å². The normalized spacial score (nSPS) is 16.2. The van der Waals surface area contributed by atoms with Crippen LogP contribution in [0, 0.1) is 6.92 Å². The molecule has 0 radical (unpaired) electrons. The van der Waals surface area contributed by atoms with E-state index in [-0.39, 0.29) is 11.8 Å². The molecule has 2 aliphatic rings. The van der Waals surface area contributed by atoms with Gasteiger partial charge in [0.15, 0.2) is 5.65 Å². The van der Waals surface area contributed by atoms with Gasteiger partial charge in [-0.05, 0) is 50.5 Å². The van der Waals surface area contributed by atoms with Crippen LogP contribution >= 0.6 is 0 Å². The second-order valence-corrected chi connectivity index (χ2v) is 8.46. The van der Waals surface area contributed by atoms with E-state index in [1.807, 2.05) is 6.92 Å². The fourth-order valence-corrected chi connectivity index (χ4v) is 4.67. The summed E-state index contributed by atoms with van der Waals surface area (Å²) in [5, 5.41) is 2.99. The molecular weight excluding hydrogens is 406 g/mol. The molecule has 1 aromatic carbocycles. The minimum Gasteiger partial charge on any atom is -0.495 e. The third kappa shape index (κ3) is 3.59. The molecular formula is C24H27N5O3. The van der Waals surface area contributed by atoms with E-state index >= 15 is 0 Å². The fraction of sp³-hybridized carbons (Fsp3) is 0.417. The number of aryl methyl sites for hydroxylation is 3. The zero-order chi connectivity index (χ0) is 22.2. The lowest BCUT2D eigenvalue weighted by molar-refractivity contribution is -0.117. The summed E-state index contributed by atoms with van der Waals surface area (Å²) in [6.45, 7) is 3.43. The van der Waals surface area contributed by atoms with Gasteiger partial charge >= 0.3 is 0 Å². The molecule has 4 heterocycles. The minimum absolute atomic E-state index is 0.0674. The molecule has 166 valence electrons. The average molecular weight is 434 g/mol. The van der Waals surface area contributed by atoms with Crippen LogP contribution in [0.3, 0.4) is 0 Å². The van der Waals surface area contributed by atoms with Crippen LogP contribution in [0.15, 0.2) is 24.3 Å². The fourth-order valence-electron chi connectivity index (χ4n) is 4.67. The highest BCUT2D eigenvalue weighted by atomic mass is 16.5. The number of amides is 2. The van der Waals surface area contributed by atoms with Crippen LogP contribution in [0.2, 0.25) is 0 Å². The Labute approximate surface area is 186 Å². The minimum atomic E-state index is -0.238. The molecule has 8 heteroatoms. The average Bonchev–Trinajstić information content (AvgIpc) is 3.27. The lowest BCUT2D eigenvalue weighted by Gasteiger charge is -2.20. The molecule has 1 N–H and O–H groups in total. The van der Waals surface area contributed by atoms with E-state index in [2.05, 4.69) is 9.88 Å². The first kappa shape index (κ1) is 20.5. The summed E-state index contributed by atoms with van der Waals surface area (Å²) in [5.74, 6) is 1.44. The van der Waals surface area contributed by atoms with Gasteiger partial charge in [-0.3, -0.25) is 9.59 Å². The summed E-state index contributed by atoms with van der Waals surface area (Å²) in [7, 11) is 1.58. The molecule has 0 aliphatic carbocycles. The van der Waals surface area contributed by atoms with Crippen LogP contribution in [0.5, 0.6) is 5.75 Å². The van der Waals surface area contributed by atoms with Crippen LogP contribution in [0.1, 0.15) is 54.0 Å². The molecule has 0 spiro atoms. The van der Waals surface area contributed by atoms with Crippen molar-refractivity contribution < 1.29 is 14.3 Å². The standard InChI is InChI=1S/C24H27N5O3/c1-15-13-17(22-23(25-15)29-11-5-3-4-7-20(29)27-22)24(31)26-16-9-10-19(32-2)18(14-16)28-12-6-8-21(28)30/h9-10,13-14H,3-8,11-12H2,1-2H3,(H,26,31). The van der Waals surface area contributed by atoms with Crippen molar-refractivity contribution in [3.8, 4) is 5.75 Å². The number of carbonyl (C=O) groups excluding carboxylic acids is 2. The predicted molar refractivity (Wildman–Crippen MR) is 122 cm³/mol. The monoisotopic (exact) mass is 433 g/mol. The summed E-state index contributed by atoms with van der Waals surface area (Å²) in [6.07, 6.45) is 5.63. The van der Waals surface area contributed by atoms with Gasteiger partial charge in [-0.25, -0.2) is 9.97 Å². The number of nitrogens with one attached hydrogen (secondary N) is 1. The Morgan fingerprint density at radius 2 is 1.94 bits per heavy atom. The van der Waals surface area contributed by atoms with Gasteiger partial charge in [0.05, 0.1) is 18.4 Å². The number of methoxy groups -OCH3 is 1. The number of ether oxygens (including phenoxy) is 1. The first-order valence-electron chi connectivity index (χ1n) is 11.2. The number of carbonyl (C=O) groups is 2. The molecule has 2 aromatic heterocycles. The number of anilines is 2. The van der Waals surface area contributed by atoms with Crippen LogP contribution in [0.25, 0.3) is 11.2 Å². The van der Waals surface area contributed by atoms with Crippen LogP contribution in [0.4, 0.5) is 11.4 Å². The van der Waals surface area contributed by atoms with E-state index in [4.69, 9.17) is 14.7 Å². The van der Waals surface area contributed by atoms with Gasteiger partial charge in [0, 0.05) is 37.3 Å². The molecule has 32 heavy (non-hydrogen) atoms. The molecule has 0 bridgehead atoms. The van der Waals surface area contributed by atoms with E-state index in [1.165, 1.54) is 6.42 Å². The molecule has 0 saturated carbocycles. The molecule has 2 aliphatic heterocycles. The van der Waals surface area contributed by atoms with E-state index < -0.39 is 0 Å². The van der Waals surface area contributed by atoms with Gasteiger partial charge in [-0.15, -0.1) is 0 Å². The molecule has 0 unspecified atom stereocenters. The van der Waals surface area contributed by atoms with Crippen molar-refractivity contribution in [2.24, 2.45) is 0 Å². The number of hydrogen-bond acceptors (Lipinski definition) is 5. The molecule has 3 aromatic rings. The molecule has 1 fully saturated rings. The Balaban J connectivity index is 1.50. The van der Waals surface area contributed by atoms with Crippen molar-refractivity contribution >= 4 is 34.4 Å². The van der Waals surface area contributed by atoms with Gasteiger partial charge in [0.2, 0.25) is 5.91 Å². The molecule has 0 atom stereocenters. The highest BCUT2D eigenvalue weighted by molar-refractivity contribution is 6.11. The lowest BCUT2D eigenvalue weighted by Crippen LogP contribution is -2.24. The third-order valence-electron chi connectivity index (χ3n) is 6.24.